The maximum absolute atomic E-state index is 14.2. The number of carbonyl (C=O) groups is 2. The van der Waals surface area contributed by atoms with Crippen molar-refractivity contribution in [2.45, 2.75) is 11.8 Å². The molecular weight excluding hydrogens is 356 g/mol. The summed E-state index contributed by atoms with van der Waals surface area (Å²) in [5, 5.41) is 0. The fourth-order valence-electron chi connectivity index (χ4n) is 2.13. The molecule has 2 rings (SSSR count). The van der Waals surface area contributed by atoms with Crippen LogP contribution in [0.5, 0.6) is 11.5 Å². The molecular formula is C18H14F4O4. The molecule has 138 valence electrons. The molecule has 0 aliphatic carbocycles. The number of benzene rings is 2. The Morgan fingerprint density at radius 3 is 1.15 bits per heavy atom. The average Bonchev–Trinajstić information content (AvgIpc) is 2.66. The van der Waals surface area contributed by atoms with Crippen LogP contribution in [-0.2, 0) is 0 Å². The summed E-state index contributed by atoms with van der Waals surface area (Å²) >= 11 is 0. The van der Waals surface area contributed by atoms with Crippen LogP contribution in [0.4, 0.5) is 17.6 Å². The predicted octanol–water partition coefficient (Wildman–Crippen LogP) is 4.04. The molecule has 0 saturated heterocycles. The number of ketones is 2. The van der Waals surface area contributed by atoms with E-state index in [2.05, 4.69) is 0 Å². The lowest BCUT2D eigenvalue weighted by atomic mass is 9.94. The van der Waals surface area contributed by atoms with Crippen molar-refractivity contribution < 1.29 is 36.6 Å². The highest BCUT2D eigenvalue weighted by atomic mass is 19.3. The summed E-state index contributed by atoms with van der Waals surface area (Å²) in [4.78, 5) is 23.8. The molecule has 0 aromatic heterocycles. The van der Waals surface area contributed by atoms with Gasteiger partial charge < -0.3 is 9.47 Å². The molecule has 0 unspecified atom stereocenters. The first-order valence-corrected chi connectivity index (χ1v) is 7.28. The van der Waals surface area contributed by atoms with Gasteiger partial charge in [0.25, 0.3) is 0 Å². The van der Waals surface area contributed by atoms with E-state index in [0.29, 0.717) is 0 Å². The van der Waals surface area contributed by atoms with E-state index in [-0.39, 0.29) is 11.5 Å². The molecule has 0 aliphatic heterocycles. The lowest BCUT2D eigenvalue weighted by molar-refractivity contribution is -0.147. The molecule has 0 spiro atoms. The van der Waals surface area contributed by atoms with Crippen LogP contribution < -0.4 is 9.47 Å². The molecule has 0 saturated carbocycles. The quantitative estimate of drug-likeness (QED) is 0.545. The highest BCUT2D eigenvalue weighted by molar-refractivity contribution is 6.10. The van der Waals surface area contributed by atoms with E-state index in [0.717, 1.165) is 24.3 Å². The Kier molecular flexibility index (Phi) is 5.34. The van der Waals surface area contributed by atoms with Gasteiger partial charge in [-0.25, -0.2) is 0 Å². The third kappa shape index (κ3) is 3.40. The van der Waals surface area contributed by atoms with Gasteiger partial charge in [0.15, 0.2) is 0 Å². The largest absolute Gasteiger partial charge is 0.497 e. The second-order valence-corrected chi connectivity index (χ2v) is 5.26. The molecule has 26 heavy (non-hydrogen) atoms. The number of rotatable bonds is 7. The number of hydrogen-bond acceptors (Lipinski definition) is 4. The van der Waals surface area contributed by atoms with Gasteiger partial charge in [-0.15, -0.1) is 0 Å². The SMILES string of the molecule is COc1ccc(C(=O)C(F)(F)C(F)(F)C(=O)c2ccc(OC)cc2)cc1. The van der Waals surface area contributed by atoms with Crippen LogP contribution in [0.25, 0.3) is 0 Å². The maximum Gasteiger partial charge on any atom is 0.379 e. The Bertz CT molecular complexity index is 729. The number of hydrogen-bond donors (Lipinski definition) is 0. The van der Waals surface area contributed by atoms with E-state index in [1.807, 2.05) is 0 Å². The van der Waals surface area contributed by atoms with Gasteiger partial charge in [-0.05, 0) is 48.5 Å². The second-order valence-electron chi connectivity index (χ2n) is 5.26. The summed E-state index contributed by atoms with van der Waals surface area (Å²) in [7, 11) is 2.63. The summed E-state index contributed by atoms with van der Waals surface area (Å²) in [6.45, 7) is 0. The van der Waals surface area contributed by atoms with E-state index in [9.17, 15) is 27.2 Å². The predicted molar refractivity (Wildman–Crippen MR) is 84.5 cm³/mol. The molecule has 8 heteroatoms. The maximum atomic E-state index is 14.2. The third-order valence-electron chi connectivity index (χ3n) is 3.67. The summed E-state index contributed by atoms with van der Waals surface area (Å²) in [5.74, 6) is -14.3. The smallest absolute Gasteiger partial charge is 0.379 e. The molecule has 2 aromatic rings. The highest BCUT2D eigenvalue weighted by Crippen LogP contribution is 2.39. The van der Waals surface area contributed by atoms with E-state index in [1.54, 1.807) is 0 Å². The number of methoxy groups -OCH3 is 2. The van der Waals surface area contributed by atoms with Gasteiger partial charge in [0.2, 0.25) is 11.6 Å². The first kappa shape index (κ1) is 19.4. The van der Waals surface area contributed by atoms with Gasteiger partial charge in [-0.2, -0.15) is 17.6 Å². The van der Waals surface area contributed by atoms with Gasteiger partial charge in [0.05, 0.1) is 14.2 Å². The minimum absolute atomic E-state index is 0.255. The zero-order valence-electron chi connectivity index (χ0n) is 13.8. The Morgan fingerprint density at radius 2 is 0.923 bits per heavy atom. The van der Waals surface area contributed by atoms with Crippen molar-refractivity contribution >= 4 is 11.6 Å². The number of ether oxygens (including phenoxy) is 2. The lowest BCUT2D eigenvalue weighted by Gasteiger charge is -2.24. The standard InChI is InChI=1S/C18H14F4O4/c1-25-13-7-3-11(4-8-13)15(23)17(19,20)18(21,22)16(24)12-5-9-14(26-2)10-6-12/h3-10H,1-2H3. The second kappa shape index (κ2) is 7.15. The summed E-state index contributed by atoms with van der Waals surface area (Å²) in [6.07, 6.45) is 0. The fourth-order valence-corrected chi connectivity index (χ4v) is 2.13. The Morgan fingerprint density at radius 1 is 0.654 bits per heavy atom. The number of Topliss-reactive ketones (excluding diaryl/α,β-unsaturated/α-hetero) is 2. The minimum atomic E-state index is -5.22. The third-order valence-corrected chi connectivity index (χ3v) is 3.67. The zero-order chi connectivity index (χ0) is 19.5. The van der Waals surface area contributed by atoms with Gasteiger partial charge in [-0.1, -0.05) is 0 Å². The van der Waals surface area contributed by atoms with Crippen LogP contribution >= 0.6 is 0 Å². The fraction of sp³-hybridized carbons (Fsp3) is 0.222. The topological polar surface area (TPSA) is 52.6 Å². The first-order valence-electron chi connectivity index (χ1n) is 7.28. The Balaban J connectivity index is 2.33. The van der Waals surface area contributed by atoms with E-state index >= 15 is 0 Å². The van der Waals surface area contributed by atoms with Gasteiger partial charge in [0.1, 0.15) is 11.5 Å². The molecule has 0 fully saturated rings. The van der Waals surface area contributed by atoms with E-state index in [4.69, 9.17) is 9.47 Å². The van der Waals surface area contributed by atoms with Crippen molar-refractivity contribution in [3.63, 3.8) is 0 Å². The van der Waals surface area contributed by atoms with Crippen LogP contribution in [0.2, 0.25) is 0 Å². The number of alkyl halides is 4. The molecule has 0 heterocycles. The average molecular weight is 370 g/mol. The highest BCUT2D eigenvalue weighted by Gasteiger charge is 2.66. The summed E-state index contributed by atoms with van der Waals surface area (Å²) < 4.78 is 66.3. The van der Waals surface area contributed by atoms with Gasteiger partial charge >= 0.3 is 11.8 Å². The first-order chi connectivity index (χ1) is 12.1. The van der Waals surface area contributed by atoms with Crippen molar-refractivity contribution in [1.82, 2.24) is 0 Å². The summed E-state index contributed by atoms with van der Waals surface area (Å²) in [6, 6.07) is 8.37. The van der Waals surface area contributed by atoms with Crippen LogP contribution in [0.1, 0.15) is 20.7 Å². The van der Waals surface area contributed by atoms with Crippen LogP contribution in [0, 0.1) is 0 Å². The molecule has 0 amide bonds. The summed E-state index contributed by atoms with van der Waals surface area (Å²) in [5.41, 5.74) is -1.34. The lowest BCUT2D eigenvalue weighted by Crippen LogP contribution is -2.52. The Labute approximate surface area is 146 Å². The molecule has 0 aliphatic rings. The van der Waals surface area contributed by atoms with Crippen molar-refractivity contribution in [1.29, 1.82) is 0 Å². The molecule has 0 N–H and O–H groups in total. The number of carbonyl (C=O) groups excluding carboxylic acids is 2. The zero-order valence-corrected chi connectivity index (χ0v) is 13.8. The molecule has 4 nitrogen and oxygen atoms in total. The van der Waals surface area contributed by atoms with Crippen molar-refractivity contribution in [2.75, 3.05) is 14.2 Å². The van der Waals surface area contributed by atoms with Crippen LogP contribution in [-0.4, -0.2) is 37.6 Å². The molecule has 0 atom stereocenters. The normalized spacial score (nSPS) is 11.8. The van der Waals surface area contributed by atoms with Crippen LogP contribution in [0.3, 0.4) is 0 Å². The molecule has 2 aromatic carbocycles. The monoisotopic (exact) mass is 370 g/mol. The van der Waals surface area contributed by atoms with Crippen molar-refractivity contribution in [2.24, 2.45) is 0 Å². The van der Waals surface area contributed by atoms with E-state index in [1.165, 1.54) is 38.5 Å². The molecule has 0 bridgehead atoms. The minimum Gasteiger partial charge on any atom is -0.497 e. The van der Waals surface area contributed by atoms with Gasteiger partial charge in [-0.3, -0.25) is 9.59 Å². The van der Waals surface area contributed by atoms with Crippen molar-refractivity contribution in [3.8, 4) is 11.5 Å². The Hall–Kier alpha value is -2.90. The van der Waals surface area contributed by atoms with E-state index < -0.39 is 34.5 Å². The number of halogens is 4. The van der Waals surface area contributed by atoms with Crippen LogP contribution in [0.15, 0.2) is 48.5 Å². The van der Waals surface area contributed by atoms with Crippen molar-refractivity contribution in [3.05, 3.63) is 59.7 Å². The molecule has 0 radical (unpaired) electrons. The van der Waals surface area contributed by atoms with Gasteiger partial charge in [0, 0.05) is 11.1 Å².